The molecule has 22 heavy (non-hydrogen) atoms. The average Bonchev–Trinajstić information content (AvgIpc) is 2.77. The smallest absolute Gasteiger partial charge is 0.189 e. The maximum Gasteiger partial charge on any atom is 0.189 e. The Morgan fingerprint density at radius 1 is 1.18 bits per heavy atom. The number of alkyl halides is 1. The van der Waals surface area contributed by atoms with Gasteiger partial charge in [0.15, 0.2) is 12.0 Å². The van der Waals surface area contributed by atoms with Crippen LogP contribution in [0.3, 0.4) is 0 Å². The lowest BCUT2D eigenvalue weighted by atomic mass is 9.47. The van der Waals surface area contributed by atoms with Crippen LogP contribution in [0.15, 0.2) is 11.6 Å². The number of hydrogen-bond donors (Lipinski definition) is 1. The third kappa shape index (κ3) is 1.78. The van der Waals surface area contributed by atoms with Gasteiger partial charge in [-0.15, -0.1) is 0 Å². The van der Waals surface area contributed by atoms with Crippen LogP contribution in [0.1, 0.15) is 58.8 Å². The molecule has 0 saturated heterocycles. The maximum absolute atomic E-state index is 14.1. The van der Waals surface area contributed by atoms with Crippen LogP contribution in [0.4, 0.5) is 4.39 Å². The lowest BCUT2D eigenvalue weighted by Gasteiger charge is -2.57. The molecule has 4 aliphatic carbocycles. The van der Waals surface area contributed by atoms with Crippen LogP contribution < -0.4 is 0 Å². The van der Waals surface area contributed by atoms with Crippen molar-refractivity contribution in [3.8, 4) is 0 Å². The number of aliphatic hydroxyl groups excluding tert-OH is 1. The fourth-order valence-electron chi connectivity index (χ4n) is 6.55. The number of hydrogen-bond acceptors (Lipinski definition) is 2. The summed E-state index contributed by atoms with van der Waals surface area (Å²) in [5.41, 5.74) is 1.14. The number of fused-ring (bicyclic) bond motifs is 5. The summed E-state index contributed by atoms with van der Waals surface area (Å²) in [4.78, 5) is 11.7. The van der Waals surface area contributed by atoms with Gasteiger partial charge in [0.05, 0.1) is 6.10 Å². The maximum atomic E-state index is 14.1. The van der Waals surface area contributed by atoms with Crippen LogP contribution in [0.5, 0.6) is 0 Å². The van der Waals surface area contributed by atoms with Crippen molar-refractivity contribution in [3.05, 3.63) is 11.6 Å². The first-order chi connectivity index (χ1) is 10.4. The van der Waals surface area contributed by atoms with Crippen LogP contribution in [0.25, 0.3) is 0 Å². The van der Waals surface area contributed by atoms with E-state index in [1.807, 2.05) is 0 Å². The monoisotopic (exact) mass is 306 g/mol. The number of halogens is 1. The number of carbonyl (C=O) groups excluding carboxylic acids is 1. The molecule has 0 spiro atoms. The molecule has 4 rings (SSSR count). The Morgan fingerprint density at radius 3 is 2.73 bits per heavy atom. The van der Waals surface area contributed by atoms with Crippen LogP contribution in [0.2, 0.25) is 0 Å². The predicted octanol–water partition coefficient (Wildman–Crippen LogP) is 3.83. The third-order valence-electron chi connectivity index (χ3n) is 7.91. The van der Waals surface area contributed by atoms with Gasteiger partial charge in [-0.1, -0.05) is 19.4 Å². The van der Waals surface area contributed by atoms with Gasteiger partial charge in [0.1, 0.15) is 0 Å². The van der Waals surface area contributed by atoms with E-state index in [9.17, 15) is 14.3 Å². The van der Waals surface area contributed by atoms with E-state index in [-0.39, 0.29) is 22.7 Å². The molecule has 0 aromatic heterocycles. The molecule has 0 amide bonds. The van der Waals surface area contributed by atoms with Crippen molar-refractivity contribution in [1.29, 1.82) is 0 Å². The summed E-state index contributed by atoms with van der Waals surface area (Å²) in [6.45, 7) is 4.46. The molecule has 122 valence electrons. The highest BCUT2D eigenvalue weighted by Crippen LogP contribution is 2.65. The predicted molar refractivity (Wildman–Crippen MR) is 83.0 cm³/mol. The second-order valence-corrected chi connectivity index (χ2v) is 8.71. The highest BCUT2D eigenvalue weighted by Gasteiger charge is 2.59. The SMILES string of the molecule is C[C@]12CC[C@H]3[C@@H](CCC4=CC(=O)[C@@H](F)C[C@@]43C)[C@@H]1CC[C@@H]2O. The Morgan fingerprint density at radius 2 is 1.95 bits per heavy atom. The second kappa shape index (κ2) is 4.66. The summed E-state index contributed by atoms with van der Waals surface area (Å²) in [5, 5.41) is 10.4. The molecular formula is C19H27FO2. The van der Waals surface area contributed by atoms with Crippen LogP contribution >= 0.6 is 0 Å². The molecule has 2 nitrogen and oxygen atoms in total. The van der Waals surface area contributed by atoms with Gasteiger partial charge in [0, 0.05) is 0 Å². The Hall–Kier alpha value is -0.700. The zero-order chi connectivity index (χ0) is 15.7. The normalized spacial score (nSPS) is 54.3. The summed E-state index contributed by atoms with van der Waals surface area (Å²) >= 11 is 0. The molecule has 3 heteroatoms. The van der Waals surface area contributed by atoms with Gasteiger partial charge in [-0.25, -0.2) is 4.39 Å². The minimum absolute atomic E-state index is 0.0678. The van der Waals surface area contributed by atoms with Gasteiger partial charge in [0.2, 0.25) is 0 Å². The zero-order valence-electron chi connectivity index (χ0n) is 13.6. The van der Waals surface area contributed by atoms with Gasteiger partial charge in [-0.05, 0) is 79.6 Å². The summed E-state index contributed by atoms with van der Waals surface area (Å²) in [6.07, 6.45) is 6.76. The summed E-state index contributed by atoms with van der Waals surface area (Å²) in [6, 6.07) is 0. The van der Waals surface area contributed by atoms with Crippen LogP contribution in [-0.2, 0) is 4.79 Å². The zero-order valence-corrected chi connectivity index (χ0v) is 13.6. The molecule has 0 unspecified atom stereocenters. The van der Waals surface area contributed by atoms with Gasteiger partial charge in [-0.2, -0.15) is 0 Å². The molecule has 7 atom stereocenters. The first-order valence-electron chi connectivity index (χ1n) is 8.93. The Kier molecular flexibility index (Phi) is 3.15. The van der Waals surface area contributed by atoms with E-state index < -0.39 is 6.17 Å². The number of rotatable bonds is 0. The molecule has 4 aliphatic rings. The molecule has 0 aliphatic heterocycles. The third-order valence-corrected chi connectivity index (χ3v) is 7.91. The van der Waals surface area contributed by atoms with Gasteiger partial charge in [0.25, 0.3) is 0 Å². The largest absolute Gasteiger partial charge is 0.393 e. The molecular weight excluding hydrogens is 279 g/mol. The summed E-state index contributed by atoms with van der Waals surface area (Å²) < 4.78 is 14.1. The van der Waals surface area contributed by atoms with Crippen molar-refractivity contribution in [3.63, 3.8) is 0 Å². The molecule has 0 aromatic carbocycles. The number of carbonyl (C=O) groups is 1. The first kappa shape index (κ1) is 14.9. The van der Waals surface area contributed by atoms with E-state index in [4.69, 9.17) is 0 Å². The topological polar surface area (TPSA) is 37.3 Å². The quantitative estimate of drug-likeness (QED) is 0.738. The van der Waals surface area contributed by atoms with Crippen molar-refractivity contribution in [2.75, 3.05) is 0 Å². The average molecular weight is 306 g/mol. The number of aliphatic hydroxyl groups is 1. The van der Waals surface area contributed by atoms with E-state index >= 15 is 0 Å². The fourth-order valence-corrected chi connectivity index (χ4v) is 6.55. The van der Waals surface area contributed by atoms with E-state index in [1.165, 1.54) is 5.57 Å². The first-order valence-corrected chi connectivity index (χ1v) is 8.93. The van der Waals surface area contributed by atoms with Crippen LogP contribution in [0, 0.1) is 28.6 Å². The van der Waals surface area contributed by atoms with Crippen molar-refractivity contribution in [2.24, 2.45) is 28.6 Å². The highest BCUT2D eigenvalue weighted by molar-refractivity contribution is 5.95. The lowest BCUT2D eigenvalue weighted by Crippen LogP contribution is -2.52. The number of ketones is 1. The second-order valence-electron chi connectivity index (χ2n) is 8.71. The Balaban J connectivity index is 1.70. The Labute approximate surface area is 132 Å². The van der Waals surface area contributed by atoms with Crippen molar-refractivity contribution in [2.45, 2.75) is 71.1 Å². The van der Waals surface area contributed by atoms with E-state index in [0.717, 1.165) is 38.5 Å². The number of allylic oxidation sites excluding steroid dienone is 1. The molecule has 3 fully saturated rings. The minimum atomic E-state index is -1.31. The molecule has 0 bridgehead atoms. The van der Waals surface area contributed by atoms with E-state index in [2.05, 4.69) is 13.8 Å². The molecule has 0 radical (unpaired) electrons. The molecule has 0 heterocycles. The Bertz CT molecular complexity index is 542. The minimum Gasteiger partial charge on any atom is -0.393 e. The molecule has 3 saturated carbocycles. The van der Waals surface area contributed by atoms with Gasteiger partial charge >= 0.3 is 0 Å². The van der Waals surface area contributed by atoms with Crippen LogP contribution in [-0.4, -0.2) is 23.2 Å². The van der Waals surface area contributed by atoms with E-state index in [1.54, 1.807) is 6.08 Å². The fraction of sp³-hybridized carbons (Fsp3) is 0.842. The highest BCUT2D eigenvalue weighted by atomic mass is 19.1. The molecule has 1 N–H and O–H groups in total. The standard InChI is InChI=1S/C19H27FO2/c1-18-8-7-14-12(13(18)5-6-17(18)22)4-3-11-9-16(21)15(20)10-19(11,14)2/h9,12-15,17,22H,3-8,10H2,1-2H3/t12-,13-,14-,15-,17-,18-,19-/m0/s1. The van der Waals surface area contributed by atoms with Crippen molar-refractivity contribution in [1.82, 2.24) is 0 Å². The lowest BCUT2D eigenvalue weighted by molar-refractivity contribution is -0.124. The van der Waals surface area contributed by atoms with Gasteiger partial charge < -0.3 is 5.11 Å². The van der Waals surface area contributed by atoms with Crippen molar-refractivity contribution < 1.29 is 14.3 Å². The van der Waals surface area contributed by atoms with Gasteiger partial charge in [-0.3, -0.25) is 4.79 Å². The summed E-state index contributed by atoms with van der Waals surface area (Å²) in [5.74, 6) is 1.35. The van der Waals surface area contributed by atoms with E-state index in [0.29, 0.717) is 24.2 Å². The molecule has 0 aromatic rings. The summed E-state index contributed by atoms with van der Waals surface area (Å²) in [7, 11) is 0. The van der Waals surface area contributed by atoms with Crippen molar-refractivity contribution >= 4 is 5.78 Å².